The lowest BCUT2D eigenvalue weighted by molar-refractivity contribution is -0.0591. The van der Waals surface area contributed by atoms with Gasteiger partial charge in [-0.1, -0.05) is 20.3 Å². The van der Waals surface area contributed by atoms with Crippen LogP contribution in [0.4, 0.5) is 4.79 Å². The van der Waals surface area contributed by atoms with Crippen LogP contribution < -0.4 is 0 Å². The number of ether oxygens (including phenoxy) is 4. The Kier molecular flexibility index (Phi) is 13.5. The molecule has 0 aliphatic rings. The Morgan fingerprint density at radius 3 is 2.33 bits per heavy atom. The standard InChI is InChI=1S/C15H30O6/c1-4-6-9-19-13(5-2)12-21-14(7-10-18-3)8-11-20-15(16)17/h13-14H,4-12H2,1-3H3,(H,16,17). The normalized spacial score (nSPS) is 13.9. The zero-order chi connectivity index (χ0) is 15.9. The molecular weight excluding hydrogens is 276 g/mol. The molecule has 0 aromatic heterocycles. The van der Waals surface area contributed by atoms with Crippen molar-refractivity contribution in [1.82, 2.24) is 0 Å². The van der Waals surface area contributed by atoms with Crippen LogP contribution in [-0.4, -0.2) is 57.0 Å². The van der Waals surface area contributed by atoms with Crippen molar-refractivity contribution in [2.24, 2.45) is 0 Å². The zero-order valence-corrected chi connectivity index (χ0v) is 13.5. The molecule has 0 spiro atoms. The molecule has 0 amide bonds. The Labute approximate surface area is 127 Å². The summed E-state index contributed by atoms with van der Waals surface area (Å²) in [6.45, 7) is 6.18. The number of hydrogen-bond acceptors (Lipinski definition) is 5. The van der Waals surface area contributed by atoms with Crippen LogP contribution in [0.5, 0.6) is 0 Å². The molecule has 0 saturated carbocycles. The molecule has 0 aromatic carbocycles. The molecule has 0 radical (unpaired) electrons. The highest BCUT2D eigenvalue weighted by Gasteiger charge is 2.14. The minimum Gasteiger partial charge on any atom is -0.450 e. The maximum absolute atomic E-state index is 10.3. The molecular formula is C15H30O6. The fourth-order valence-corrected chi connectivity index (χ4v) is 1.76. The van der Waals surface area contributed by atoms with Crippen molar-refractivity contribution in [1.29, 1.82) is 0 Å². The molecule has 0 saturated heterocycles. The molecule has 0 bridgehead atoms. The van der Waals surface area contributed by atoms with E-state index in [0.29, 0.717) is 26.1 Å². The fourth-order valence-electron chi connectivity index (χ4n) is 1.76. The van der Waals surface area contributed by atoms with Crippen molar-refractivity contribution in [2.45, 2.75) is 58.2 Å². The van der Waals surface area contributed by atoms with E-state index in [2.05, 4.69) is 18.6 Å². The van der Waals surface area contributed by atoms with E-state index in [-0.39, 0.29) is 18.8 Å². The highest BCUT2D eigenvalue weighted by Crippen LogP contribution is 2.09. The van der Waals surface area contributed by atoms with E-state index in [4.69, 9.17) is 19.3 Å². The number of methoxy groups -OCH3 is 1. The second-order valence-electron chi connectivity index (χ2n) is 4.89. The first-order chi connectivity index (χ1) is 10.1. The lowest BCUT2D eigenvalue weighted by Crippen LogP contribution is -2.26. The van der Waals surface area contributed by atoms with Gasteiger partial charge < -0.3 is 24.1 Å². The molecule has 2 unspecified atom stereocenters. The Morgan fingerprint density at radius 1 is 1.05 bits per heavy atom. The summed E-state index contributed by atoms with van der Waals surface area (Å²) in [6, 6.07) is 0. The summed E-state index contributed by atoms with van der Waals surface area (Å²) in [6.07, 6.45) is 3.05. The van der Waals surface area contributed by atoms with E-state index in [1.165, 1.54) is 0 Å². The average molecular weight is 306 g/mol. The largest absolute Gasteiger partial charge is 0.505 e. The minimum atomic E-state index is -1.25. The van der Waals surface area contributed by atoms with Crippen LogP contribution in [0, 0.1) is 0 Å². The molecule has 0 aliphatic carbocycles. The van der Waals surface area contributed by atoms with Crippen LogP contribution >= 0.6 is 0 Å². The molecule has 6 nitrogen and oxygen atoms in total. The lowest BCUT2D eigenvalue weighted by Gasteiger charge is -2.22. The fraction of sp³-hybridized carbons (Fsp3) is 0.933. The van der Waals surface area contributed by atoms with E-state index in [1.807, 2.05) is 0 Å². The molecule has 0 aliphatic heterocycles. The number of rotatable bonds is 14. The third-order valence-corrected chi connectivity index (χ3v) is 3.13. The van der Waals surface area contributed by atoms with E-state index < -0.39 is 6.16 Å². The Bertz CT molecular complexity index is 246. The summed E-state index contributed by atoms with van der Waals surface area (Å²) in [4.78, 5) is 10.3. The topological polar surface area (TPSA) is 74.2 Å². The van der Waals surface area contributed by atoms with Crippen LogP contribution in [0.15, 0.2) is 0 Å². The summed E-state index contributed by atoms with van der Waals surface area (Å²) in [5, 5.41) is 8.47. The van der Waals surface area contributed by atoms with Gasteiger partial charge in [-0.05, 0) is 19.3 Å². The van der Waals surface area contributed by atoms with Gasteiger partial charge >= 0.3 is 6.16 Å². The van der Waals surface area contributed by atoms with Gasteiger partial charge in [0.25, 0.3) is 0 Å². The summed E-state index contributed by atoms with van der Waals surface area (Å²) in [5.41, 5.74) is 0. The van der Waals surface area contributed by atoms with Crippen molar-refractivity contribution in [2.75, 3.05) is 33.5 Å². The SMILES string of the molecule is CCCCOC(CC)COC(CCOC)CCOC(=O)O. The van der Waals surface area contributed by atoms with Crippen molar-refractivity contribution >= 4 is 6.16 Å². The summed E-state index contributed by atoms with van der Waals surface area (Å²) >= 11 is 0. The van der Waals surface area contributed by atoms with Gasteiger partial charge in [-0.15, -0.1) is 0 Å². The van der Waals surface area contributed by atoms with E-state index in [9.17, 15) is 4.79 Å². The maximum Gasteiger partial charge on any atom is 0.505 e. The van der Waals surface area contributed by atoms with Gasteiger partial charge in [0.2, 0.25) is 0 Å². The molecule has 2 atom stereocenters. The molecule has 0 heterocycles. The zero-order valence-electron chi connectivity index (χ0n) is 13.5. The van der Waals surface area contributed by atoms with Crippen LogP contribution in [0.25, 0.3) is 0 Å². The third-order valence-electron chi connectivity index (χ3n) is 3.13. The van der Waals surface area contributed by atoms with Gasteiger partial charge in [-0.3, -0.25) is 0 Å². The highest BCUT2D eigenvalue weighted by molar-refractivity contribution is 5.56. The quantitative estimate of drug-likeness (QED) is 0.393. The maximum atomic E-state index is 10.3. The van der Waals surface area contributed by atoms with E-state index in [1.54, 1.807) is 7.11 Å². The summed E-state index contributed by atoms with van der Waals surface area (Å²) in [7, 11) is 1.63. The number of carboxylic acid groups (broad SMARTS) is 1. The van der Waals surface area contributed by atoms with Gasteiger partial charge in [0, 0.05) is 26.7 Å². The van der Waals surface area contributed by atoms with E-state index >= 15 is 0 Å². The van der Waals surface area contributed by atoms with Crippen molar-refractivity contribution in [3.8, 4) is 0 Å². The predicted molar refractivity (Wildman–Crippen MR) is 79.8 cm³/mol. The van der Waals surface area contributed by atoms with Crippen molar-refractivity contribution in [3.63, 3.8) is 0 Å². The number of carbonyl (C=O) groups is 1. The van der Waals surface area contributed by atoms with Crippen molar-refractivity contribution in [3.05, 3.63) is 0 Å². The second kappa shape index (κ2) is 14.1. The number of hydrogen-bond donors (Lipinski definition) is 1. The predicted octanol–water partition coefficient (Wildman–Crippen LogP) is 3.09. The average Bonchev–Trinajstić information content (AvgIpc) is 2.47. The first-order valence-corrected chi connectivity index (χ1v) is 7.71. The molecule has 0 aromatic rings. The van der Waals surface area contributed by atoms with Crippen LogP contribution in [-0.2, 0) is 18.9 Å². The lowest BCUT2D eigenvalue weighted by atomic mass is 10.2. The Hall–Kier alpha value is -0.850. The monoisotopic (exact) mass is 306 g/mol. The van der Waals surface area contributed by atoms with Gasteiger partial charge in [-0.25, -0.2) is 4.79 Å². The van der Waals surface area contributed by atoms with Gasteiger partial charge in [0.05, 0.1) is 25.4 Å². The van der Waals surface area contributed by atoms with Crippen molar-refractivity contribution < 1.29 is 28.8 Å². The minimum absolute atomic E-state index is 0.0758. The highest BCUT2D eigenvalue weighted by atomic mass is 16.7. The van der Waals surface area contributed by atoms with E-state index in [0.717, 1.165) is 25.9 Å². The first-order valence-electron chi connectivity index (χ1n) is 7.71. The second-order valence-corrected chi connectivity index (χ2v) is 4.89. The van der Waals surface area contributed by atoms with Gasteiger partial charge in [0.1, 0.15) is 0 Å². The smallest absolute Gasteiger partial charge is 0.450 e. The molecule has 6 heteroatoms. The summed E-state index contributed by atoms with van der Waals surface area (Å²) < 4.78 is 21.2. The summed E-state index contributed by atoms with van der Waals surface area (Å²) in [5.74, 6) is 0. The van der Waals surface area contributed by atoms with Crippen LogP contribution in [0.3, 0.4) is 0 Å². The van der Waals surface area contributed by atoms with Gasteiger partial charge in [0.15, 0.2) is 0 Å². The number of unbranched alkanes of at least 4 members (excludes halogenated alkanes) is 1. The molecule has 126 valence electrons. The Balaban J connectivity index is 4.02. The molecule has 21 heavy (non-hydrogen) atoms. The van der Waals surface area contributed by atoms with Crippen LogP contribution in [0.2, 0.25) is 0 Å². The van der Waals surface area contributed by atoms with Gasteiger partial charge in [-0.2, -0.15) is 0 Å². The molecule has 0 rings (SSSR count). The first kappa shape index (κ1) is 20.1. The molecule has 0 fully saturated rings. The molecule has 1 N–H and O–H groups in total. The Morgan fingerprint density at radius 2 is 1.76 bits per heavy atom. The third kappa shape index (κ3) is 12.6. The van der Waals surface area contributed by atoms with Crippen LogP contribution in [0.1, 0.15) is 46.0 Å².